The fourth-order valence-electron chi connectivity index (χ4n) is 1.43. The Balaban J connectivity index is 2.13. The van der Waals surface area contributed by atoms with Crippen molar-refractivity contribution < 1.29 is 4.74 Å². The Morgan fingerprint density at radius 3 is 2.53 bits per heavy atom. The maximum Gasteiger partial charge on any atom is 0.142 e. The van der Waals surface area contributed by atoms with Crippen molar-refractivity contribution in [1.29, 1.82) is 0 Å². The van der Waals surface area contributed by atoms with Crippen LogP contribution < -0.4 is 10.5 Å². The molecule has 0 aliphatic rings. The molecular weight excluding hydrogens is 257 g/mol. The maximum atomic E-state index is 6.06. The highest BCUT2D eigenvalue weighted by atomic mass is 35.5. The molecule has 0 saturated heterocycles. The van der Waals surface area contributed by atoms with E-state index < -0.39 is 0 Å². The number of para-hydroxylation sites is 2. The lowest BCUT2D eigenvalue weighted by atomic mass is 10.2. The minimum Gasteiger partial charge on any atom is -0.487 e. The molecule has 0 atom stereocenters. The highest BCUT2D eigenvalue weighted by Crippen LogP contribution is 2.27. The number of ether oxygens (including phenoxy) is 1. The van der Waals surface area contributed by atoms with Crippen molar-refractivity contribution in [2.75, 3.05) is 5.73 Å². The SMILES string of the molecule is Nc1ccccc1OCc1cccc(Cl)c1Cl. The van der Waals surface area contributed by atoms with Gasteiger partial charge in [-0.3, -0.25) is 0 Å². The number of anilines is 1. The lowest BCUT2D eigenvalue weighted by molar-refractivity contribution is 0.308. The van der Waals surface area contributed by atoms with Crippen LogP contribution in [0.5, 0.6) is 5.75 Å². The minimum atomic E-state index is 0.341. The summed E-state index contributed by atoms with van der Waals surface area (Å²) >= 11 is 12.0. The van der Waals surface area contributed by atoms with Crippen LogP contribution in [0.4, 0.5) is 5.69 Å². The van der Waals surface area contributed by atoms with E-state index in [0.29, 0.717) is 28.1 Å². The predicted octanol–water partition coefficient (Wildman–Crippen LogP) is 4.15. The molecule has 4 heteroatoms. The third-order valence-corrected chi connectivity index (χ3v) is 3.19. The smallest absolute Gasteiger partial charge is 0.142 e. The molecule has 0 amide bonds. The number of hydrogen-bond donors (Lipinski definition) is 1. The van der Waals surface area contributed by atoms with Gasteiger partial charge in [-0.25, -0.2) is 0 Å². The molecule has 0 radical (unpaired) electrons. The van der Waals surface area contributed by atoms with E-state index in [-0.39, 0.29) is 0 Å². The number of hydrogen-bond acceptors (Lipinski definition) is 2. The average molecular weight is 268 g/mol. The summed E-state index contributed by atoms with van der Waals surface area (Å²) in [6, 6.07) is 12.8. The van der Waals surface area contributed by atoms with E-state index in [1.165, 1.54) is 0 Å². The van der Waals surface area contributed by atoms with Crippen LogP contribution in [-0.4, -0.2) is 0 Å². The van der Waals surface area contributed by atoms with Crippen LogP contribution in [0.2, 0.25) is 10.0 Å². The topological polar surface area (TPSA) is 35.2 Å². The highest BCUT2D eigenvalue weighted by Gasteiger charge is 2.05. The van der Waals surface area contributed by atoms with E-state index in [1.54, 1.807) is 12.1 Å². The summed E-state index contributed by atoms with van der Waals surface area (Å²) in [6.07, 6.45) is 0. The van der Waals surface area contributed by atoms with Crippen molar-refractivity contribution in [3.05, 3.63) is 58.1 Å². The fourth-order valence-corrected chi connectivity index (χ4v) is 1.80. The van der Waals surface area contributed by atoms with E-state index in [9.17, 15) is 0 Å². The normalized spacial score (nSPS) is 10.2. The molecule has 2 aromatic carbocycles. The van der Waals surface area contributed by atoms with E-state index >= 15 is 0 Å². The summed E-state index contributed by atoms with van der Waals surface area (Å²) in [4.78, 5) is 0. The first-order valence-electron chi connectivity index (χ1n) is 5.08. The van der Waals surface area contributed by atoms with Gasteiger partial charge in [0.15, 0.2) is 0 Å². The Morgan fingerprint density at radius 2 is 1.76 bits per heavy atom. The Morgan fingerprint density at radius 1 is 1.00 bits per heavy atom. The zero-order valence-corrected chi connectivity index (χ0v) is 10.5. The number of nitrogens with two attached hydrogens (primary N) is 1. The lowest BCUT2D eigenvalue weighted by Crippen LogP contribution is -1.99. The molecule has 0 bridgehead atoms. The summed E-state index contributed by atoms with van der Waals surface area (Å²) in [6.45, 7) is 0.341. The predicted molar refractivity (Wildman–Crippen MR) is 71.6 cm³/mol. The number of rotatable bonds is 3. The van der Waals surface area contributed by atoms with Crippen LogP contribution in [0, 0.1) is 0 Å². The second-order valence-corrected chi connectivity index (χ2v) is 4.32. The summed E-state index contributed by atoms with van der Waals surface area (Å²) in [7, 11) is 0. The van der Waals surface area contributed by atoms with Gasteiger partial charge in [0, 0.05) is 5.56 Å². The van der Waals surface area contributed by atoms with Gasteiger partial charge < -0.3 is 10.5 Å². The average Bonchev–Trinajstić information content (AvgIpc) is 2.33. The summed E-state index contributed by atoms with van der Waals surface area (Å²) in [5, 5.41) is 1.04. The molecule has 17 heavy (non-hydrogen) atoms. The van der Waals surface area contributed by atoms with Crippen LogP contribution in [0.3, 0.4) is 0 Å². The molecule has 0 aromatic heterocycles. The Labute approximate surface area is 110 Å². The zero-order valence-electron chi connectivity index (χ0n) is 8.99. The van der Waals surface area contributed by atoms with Crippen LogP contribution in [0.25, 0.3) is 0 Å². The van der Waals surface area contributed by atoms with Crippen molar-refractivity contribution in [3.63, 3.8) is 0 Å². The minimum absolute atomic E-state index is 0.341. The van der Waals surface area contributed by atoms with Gasteiger partial charge >= 0.3 is 0 Å². The number of halogens is 2. The van der Waals surface area contributed by atoms with Gasteiger partial charge in [-0.05, 0) is 18.2 Å². The molecule has 0 heterocycles. The number of nitrogen functional groups attached to an aromatic ring is 1. The summed E-state index contributed by atoms with van der Waals surface area (Å²) in [5.41, 5.74) is 7.21. The largest absolute Gasteiger partial charge is 0.487 e. The van der Waals surface area contributed by atoms with Crippen LogP contribution in [0.1, 0.15) is 5.56 Å². The van der Waals surface area contributed by atoms with Crippen molar-refractivity contribution in [1.82, 2.24) is 0 Å². The van der Waals surface area contributed by atoms with Gasteiger partial charge in [-0.1, -0.05) is 47.5 Å². The Kier molecular flexibility index (Phi) is 3.77. The molecule has 0 saturated carbocycles. The second-order valence-electron chi connectivity index (χ2n) is 3.54. The van der Waals surface area contributed by atoms with Crippen LogP contribution >= 0.6 is 23.2 Å². The van der Waals surface area contributed by atoms with Crippen LogP contribution in [-0.2, 0) is 6.61 Å². The molecular formula is C13H11Cl2NO. The van der Waals surface area contributed by atoms with Crippen molar-refractivity contribution >= 4 is 28.9 Å². The Hall–Kier alpha value is -1.38. The first-order valence-corrected chi connectivity index (χ1v) is 5.84. The van der Waals surface area contributed by atoms with Gasteiger partial charge in [0.2, 0.25) is 0 Å². The van der Waals surface area contributed by atoms with E-state index in [0.717, 1.165) is 5.56 Å². The van der Waals surface area contributed by atoms with E-state index in [4.69, 9.17) is 33.7 Å². The second kappa shape index (κ2) is 5.30. The molecule has 0 fully saturated rings. The molecule has 0 spiro atoms. The van der Waals surface area contributed by atoms with Gasteiger partial charge in [0.25, 0.3) is 0 Å². The van der Waals surface area contributed by atoms with Gasteiger partial charge in [-0.2, -0.15) is 0 Å². The Bertz CT molecular complexity index is 529. The van der Waals surface area contributed by atoms with Crippen molar-refractivity contribution in [2.45, 2.75) is 6.61 Å². The number of benzene rings is 2. The molecule has 88 valence electrons. The third kappa shape index (κ3) is 2.84. The van der Waals surface area contributed by atoms with Gasteiger partial charge in [0.05, 0.1) is 15.7 Å². The monoisotopic (exact) mass is 267 g/mol. The van der Waals surface area contributed by atoms with E-state index in [1.807, 2.05) is 30.3 Å². The molecule has 0 aliphatic heterocycles. The third-order valence-electron chi connectivity index (χ3n) is 2.33. The molecule has 2 N–H and O–H groups in total. The standard InChI is InChI=1S/C13H11Cl2NO/c14-10-5-3-4-9(13(10)15)8-17-12-7-2-1-6-11(12)16/h1-7H,8,16H2. The molecule has 2 nitrogen and oxygen atoms in total. The van der Waals surface area contributed by atoms with Crippen molar-refractivity contribution in [3.8, 4) is 5.75 Å². The fraction of sp³-hybridized carbons (Fsp3) is 0.0769. The molecule has 2 aromatic rings. The van der Waals surface area contributed by atoms with Gasteiger partial charge in [-0.15, -0.1) is 0 Å². The summed E-state index contributed by atoms with van der Waals surface area (Å²) in [5.74, 6) is 0.642. The van der Waals surface area contributed by atoms with E-state index in [2.05, 4.69) is 0 Å². The first-order chi connectivity index (χ1) is 8.18. The lowest BCUT2D eigenvalue weighted by Gasteiger charge is -2.10. The maximum absolute atomic E-state index is 6.06. The van der Waals surface area contributed by atoms with Gasteiger partial charge in [0.1, 0.15) is 12.4 Å². The zero-order chi connectivity index (χ0) is 12.3. The summed E-state index contributed by atoms with van der Waals surface area (Å²) < 4.78 is 5.59. The van der Waals surface area contributed by atoms with Crippen molar-refractivity contribution in [2.24, 2.45) is 0 Å². The van der Waals surface area contributed by atoms with Crippen LogP contribution in [0.15, 0.2) is 42.5 Å². The molecule has 2 rings (SSSR count). The first kappa shape index (κ1) is 12.1. The molecule has 0 aliphatic carbocycles. The quantitative estimate of drug-likeness (QED) is 0.848. The molecule has 0 unspecified atom stereocenters. The highest BCUT2D eigenvalue weighted by molar-refractivity contribution is 6.42.